The lowest BCUT2D eigenvalue weighted by molar-refractivity contribution is -0.122. The third kappa shape index (κ3) is 3.94. The van der Waals surface area contributed by atoms with Gasteiger partial charge in [-0.25, -0.2) is 14.8 Å². The highest BCUT2D eigenvalue weighted by atomic mass is 16.5. The molecule has 1 N–H and O–H groups in total. The average molecular weight is 369 g/mol. The van der Waals surface area contributed by atoms with Crippen molar-refractivity contribution in [1.82, 2.24) is 9.97 Å². The number of nitrogens with one attached hydrogen (secondary N) is 1. The summed E-state index contributed by atoms with van der Waals surface area (Å²) in [4.78, 5) is 44.3. The Bertz CT molecular complexity index is 910. The Morgan fingerprint density at radius 3 is 2.85 bits per heavy atom. The van der Waals surface area contributed by atoms with Crippen LogP contribution in [0.15, 0.2) is 30.7 Å². The zero-order valence-corrected chi connectivity index (χ0v) is 15.2. The summed E-state index contributed by atoms with van der Waals surface area (Å²) < 4.78 is 10.6. The van der Waals surface area contributed by atoms with E-state index in [9.17, 15) is 14.4 Å². The Kier molecular flexibility index (Phi) is 5.16. The number of nitrogens with zero attached hydrogens (tertiary/aromatic N) is 2. The lowest BCUT2D eigenvalue weighted by Gasteiger charge is -2.23. The summed E-state index contributed by atoms with van der Waals surface area (Å²) in [7, 11) is 0. The third-order valence-corrected chi connectivity index (χ3v) is 4.08. The van der Waals surface area contributed by atoms with Crippen LogP contribution in [0.3, 0.4) is 0 Å². The highest BCUT2D eigenvalue weighted by Gasteiger charge is 2.25. The first-order chi connectivity index (χ1) is 12.9. The molecule has 1 unspecified atom stereocenters. The predicted octanol–water partition coefficient (Wildman–Crippen LogP) is 2.36. The Labute approximate surface area is 155 Å². The minimum Gasteiger partial charge on any atom is -0.479 e. The van der Waals surface area contributed by atoms with Gasteiger partial charge in [-0.1, -0.05) is 13.8 Å². The second kappa shape index (κ2) is 7.53. The summed E-state index contributed by atoms with van der Waals surface area (Å²) in [5.41, 5.74) is 1.51. The predicted molar refractivity (Wildman–Crippen MR) is 95.9 cm³/mol. The van der Waals surface area contributed by atoms with Gasteiger partial charge in [0.05, 0.1) is 16.9 Å². The van der Waals surface area contributed by atoms with Crippen molar-refractivity contribution in [2.75, 3.05) is 11.9 Å². The van der Waals surface area contributed by atoms with E-state index in [0.29, 0.717) is 22.7 Å². The molecule has 0 aliphatic carbocycles. The van der Waals surface area contributed by atoms with Crippen LogP contribution >= 0.6 is 0 Å². The number of rotatable bonds is 5. The minimum atomic E-state index is -0.656. The fourth-order valence-corrected chi connectivity index (χ4v) is 2.63. The fraction of sp³-hybridized carbons (Fsp3) is 0.316. The van der Waals surface area contributed by atoms with Crippen LogP contribution in [-0.4, -0.2) is 40.3 Å². The molecule has 1 aliphatic rings. The lowest BCUT2D eigenvalue weighted by atomic mass is 10.1. The molecule has 0 radical (unpaired) electrons. The number of carbonyl (C=O) groups excluding carboxylic acids is 3. The van der Waals surface area contributed by atoms with Gasteiger partial charge in [-0.05, 0) is 31.0 Å². The number of ketones is 1. The van der Waals surface area contributed by atoms with E-state index in [1.54, 1.807) is 19.1 Å². The molecule has 0 saturated heterocycles. The van der Waals surface area contributed by atoms with Gasteiger partial charge in [0, 0.05) is 11.8 Å². The van der Waals surface area contributed by atoms with E-state index in [0.717, 1.165) is 0 Å². The zero-order valence-electron chi connectivity index (χ0n) is 15.2. The number of hydrogen-bond donors (Lipinski definition) is 1. The van der Waals surface area contributed by atoms with Crippen molar-refractivity contribution in [3.8, 4) is 5.75 Å². The van der Waals surface area contributed by atoms with Crippen LogP contribution in [0, 0.1) is 0 Å². The molecule has 1 aliphatic heterocycles. The van der Waals surface area contributed by atoms with Gasteiger partial charge in [0.15, 0.2) is 18.5 Å². The van der Waals surface area contributed by atoms with Gasteiger partial charge in [0.1, 0.15) is 12.1 Å². The largest absolute Gasteiger partial charge is 0.479 e. The molecule has 0 saturated carbocycles. The Morgan fingerprint density at radius 1 is 1.33 bits per heavy atom. The van der Waals surface area contributed by atoms with E-state index in [-0.39, 0.29) is 17.4 Å². The van der Waals surface area contributed by atoms with Gasteiger partial charge in [0.2, 0.25) is 0 Å². The maximum atomic E-state index is 12.4. The quantitative estimate of drug-likeness (QED) is 0.637. The Hall–Kier alpha value is -3.29. The van der Waals surface area contributed by atoms with Gasteiger partial charge in [-0.2, -0.15) is 0 Å². The topological polar surface area (TPSA) is 107 Å². The summed E-state index contributed by atoms with van der Waals surface area (Å²) >= 11 is 0. The molecule has 27 heavy (non-hydrogen) atoms. The molecule has 8 heteroatoms. The molecule has 1 aromatic heterocycles. The average Bonchev–Trinajstić information content (AvgIpc) is 2.66. The van der Waals surface area contributed by atoms with Crippen LogP contribution in [0.1, 0.15) is 53.1 Å². The van der Waals surface area contributed by atoms with E-state index in [4.69, 9.17) is 9.47 Å². The van der Waals surface area contributed by atoms with Crippen molar-refractivity contribution in [2.24, 2.45) is 0 Å². The molecule has 2 heterocycles. The first-order valence-corrected chi connectivity index (χ1v) is 8.48. The van der Waals surface area contributed by atoms with Crippen LogP contribution in [0.5, 0.6) is 5.75 Å². The molecule has 1 amide bonds. The number of anilines is 1. The number of esters is 1. The second-order valence-electron chi connectivity index (χ2n) is 6.44. The molecule has 2 aromatic rings. The molecule has 1 aromatic carbocycles. The van der Waals surface area contributed by atoms with Gasteiger partial charge >= 0.3 is 5.97 Å². The number of fused-ring (bicyclic) bond motifs is 1. The van der Waals surface area contributed by atoms with Gasteiger partial charge in [0.25, 0.3) is 5.91 Å². The summed E-state index contributed by atoms with van der Waals surface area (Å²) in [6, 6.07) is 4.66. The number of amides is 1. The molecule has 0 spiro atoms. The number of aromatic nitrogens is 2. The second-order valence-corrected chi connectivity index (χ2v) is 6.44. The van der Waals surface area contributed by atoms with Crippen LogP contribution in [0.2, 0.25) is 0 Å². The van der Waals surface area contributed by atoms with E-state index in [1.165, 1.54) is 18.6 Å². The first kappa shape index (κ1) is 18.5. The Morgan fingerprint density at radius 2 is 2.11 bits per heavy atom. The van der Waals surface area contributed by atoms with Crippen LogP contribution < -0.4 is 10.1 Å². The molecular formula is C19H19N3O5. The SMILES string of the molecule is CC1Oc2ccc(C(=O)COC(=O)c3cncnc3C(C)C)cc2NC1=O. The molecule has 3 rings (SSSR count). The molecule has 0 fully saturated rings. The fourth-order valence-electron chi connectivity index (χ4n) is 2.63. The number of hydrogen-bond acceptors (Lipinski definition) is 7. The van der Waals surface area contributed by atoms with E-state index in [2.05, 4.69) is 15.3 Å². The maximum absolute atomic E-state index is 12.4. The van der Waals surface area contributed by atoms with Gasteiger partial charge in [-0.3, -0.25) is 9.59 Å². The monoisotopic (exact) mass is 369 g/mol. The maximum Gasteiger partial charge on any atom is 0.342 e. The first-order valence-electron chi connectivity index (χ1n) is 8.48. The van der Waals surface area contributed by atoms with Crippen LogP contribution in [0.25, 0.3) is 0 Å². The van der Waals surface area contributed by atoms with Gasteiger partial charge < -0.3 is 14.8 Å². The van der Waals surface area contributed by atoms with Crippen molar-refractivity contribution in [1.29, 1.82) is 0 Å². The molecular weight excluding hydrogens is 350 g/mol. The smallest absolute Gasteiger partial charge is 0.342 e. The van der Waals surface area contributed by atoms with Crippen molar-refractivity contribution in [3.63, 3.8) is 0 Å². The molecule has 1 atom stereocenters. The zero-order chi connectivity index (χ0) is 19.6. The lowest BCUT2D eigenvalue weighted by Crippen LogP contribution is -2.34. The van der Waals surface area contributed by atoms with E-state index in [1.807, 2.05) is 13.8 Å². The third-order valence-electron chi connectivity index (χ3n) is 4.08. The van der Waals surface area contributed by atoms with Gasteiger partial charge in [-0.15, -0.1) is 0 Å². The van der Waals surface area contributed by atoms with Crippen molar-refractivity contribution in [2.45, 2.75) is 32.8 Å². The summed E-state index contributed by atoms with van der Waals surface area (Å²) in [5, 5.41) is 2.68. The van der Waals surface area contributed by atoms with Crippen molar-refractivity contribution in [3.05, 3.63) is 47.5 Å². The summed E-state index contributed by atoms with van der Waals surface area (Å²) in [6.45, 7) is 4.99. The summed E-state index contributed by atoms with van der Waals surface area (Å²) in [5.74, 6) is -0.849. The molecule has 8 nitrogen and oxygen atoms in total. The van der Waals surface area contributed by atoms with Crippen LogP contribution in [-0.2, 0) is 9.53 Å². The summed E-state index contributed by atoms with van der Waals surface area (Å²) in [6.07, 6.45) is 2.15. The number of ether oxygens (including phenoxy) is 2. The standard InChI is InChI=1S/C19H19N3O5/c1-10(2)17-13(7-20-9-21-17)19(25)26-8-15(23)12-4-5-16-14(6-12)22-18(24)11(3)27-16/h4-7,9-11H,8H2,1-3H3,(H,22,24). The highest BCUT2D eigenvalue weighted by molar-refractivity contribution is 6.03. The van der Waals surface area contributed by atoms with Crippen LogP contribution in [0.4, 0.5) is 5.69 Å². The minimum absolute atomic E-state index is 0.0119. The number of Topliss-reactive ketones (excluding diaryl/α,β-unsaturated/α-hetero) is 1. The highest BCUT2D eigenvalue weighted by Crippen LogP contribution is 2.30. The molecule has 140 valence electrons. The van der Waals surface area contributed by atoms with E-state index < -0.39 is 24.5 Å². The Balaban J connectivity index is 1.69. The van der Waals surface area contributed by atoms with E-state index >= 15 is 0 Å². The van der Waals surface area contributed by atoms with Crippen molar-refractivity contribution >= 4 is 23.3 Å². The molecule has 0 bridgehead atoms. The van der Waals surface area contributed by atoms with Crippen molar-refractivity contribution < 1.29 is 23.9 Å². The number of benzene rings is 1. The normalized spacial score (nSPS) is 15.6. The number of carbonyl (C=O) groups is 3.